The molecule has 250 valence electrons. The summed E-state index contributed by atoms with van der Waals surface area (Å²) in [6.07, 6.45) is 6.55. The van der Waals surface area contributed by atoms with E-state index in [1.54, 1.807) is 7.05 Å². The Kier molecular flexibility index (Phi) is 45.7. The molecule has 18 heteroatoms. The third-order valence-corrected chi connectivity index (χ3v) is 3.81. The molecule has 0 unspecified atom stereocenters. The molecule has 42 heavy (non-hydrogen) atoms. The van der Waals surface area contributed by atoms with Crippen LogP contribution in [0.15, 0.2) is 0 Å². The first kappa shape index (κ1) is 48.3. The highest BCUT2D eigenvalue weighted by molar-refractivity contribution is 5.70. The lowest BCUT2D eigenvalue weighted by atomic mass is 10.2. The van der Waals surface area contributed by atoms with Crippen LogP contribution in [0.2, 0.25) is 0 Å². The zero-order valence-electron chi connectivity index (χ0n) is 24.5. The third-order valence-electron chi connectivity index (χ3n) is 3.81. The van der Waals surface area contributed by atoms with E-state index in [0.29, 0.717) is 19.0 Å². The summed E-state index contributed by atoms with van der Waals surface area (Å²) < 4.78 is 0. The molecule has 1 aliphatic rings. The molecule has 0 bridgehead atoms. The van der Waals surface area contributed by atoms with Crippen LogP contribution in [0.5, 0.6) is 0 Å². The van der Waals surface area contributed by atoms with E-state index in [1.807, 2.05) is 0 Å². The molecule has 18 nitrogen and oxygen atoms in total. The quantitative estimate of drug-likeness (QED) is 0.0803. The zero-order chi connectivity index (χ0) is 33.8. The maximum Gasteiger partial charge on any atom is 0.317 e. The van der Waals surface area contributed by atoms with Gasteiger partial charge in [0, 0.05) is 19.0 Å². The summed E-state index contributed by atoms with van der Waals surface area (Å²) in [6.45, 7) is 3.60. The normalized spacial score (nSPS) is 10.5. The van der Waals surface area contributed by atoms with Gasteiger partial charge in [0.15, 0.2) is 0 Å². The number of nitrogens with one attached hydrogen (secondary N) is 3. The molecule has 15 N–H and O–H groups in total. The lowest BCUT2D eigenvalue weighted by Crippen LogP contribution is -2.24. The summed E-state index contributed by atoms with van der Waals surface area (Å²) in [5.41, 5.74) is 14.4. The molecule has 0 spiro atoms. The van der Waals surface area contributed by atoms with Gasteiger partial charge in [0.25, 0.3) is 0 Å². The molecular formula is C24H52N6O12. The SMILES string of the molecule is CCCCCNCC(=O)O.CNCC(=O)O.NCC(=O)O.NCCC(=O)O.NCCCC(=O)O.O=C(O)CNC1CC1. The van der Waals surface area contributed by atoms with Gasteiger partial charge < -0.3 is 63.8 Å². The van der Waals surface area contributed by atoms with Gasteiger partial charge >= 0.3 is 35.8 Å². The number of carbonyl (C=O) groups is 6. The number of hydrogen-bond donors (Lipinski definition) is 12. The van der Waals surface area contributed by atoms with Gasteiger partial charge in [0.1, 0.15) is 0 Å². The average Bonchev–Trinajstić information content (AvgIpc) is 3.72. The predicted octanol–water partition coefficient (Wildman–Crippen LogP) is -1.78. The van der Waals surface area contributed by atoms with Crippen LogP contribution < -0.4 is 33.2 Å². The molecule has 1 saturated carbocycles. The van der Waals surface area contributed by atoms with E-state index >= 15 is 0 Å². The Morgan fingerprint density at radius 1 is 0.643 bits per heavy atom. The van der Waals surface area contributed by atoms with Crippen LogP contribution in [0.25, 0.3) is 0 Å². The second kappa shape index (κ2) is 39.7. The molecule has 0 aromatic rings. The minimum atomic E-state index is -0.968. The van der Waals surface area contributed by atoms with Crippen molar-refractivity contribution in [2.75, 3.05) is 52.9 Å². The number of unbranched alkanes of at least 4 members (excludes halogenated alkanes) is 2. The van der Waals surface area contributed by atoms with Crippen molar-refractivity contribution in [2.45, 2.75) is 64.3 Å². The molecular weight excluding hydrogens is 564 g/mol. The number of likely N-dealkylation sites (N-methyl/N-ethyl adjacent to an activating group) is 1. The van der Waals surface area contributed by atoms with Crippen LogP contribution in [-0.2, 0) is 28.8 Å². The van der Waals surface area contributed by atoms with Gasteiger partial charge in [-0.2, -0.15) is 0 Å². The third kappa shape index (κ3) is 83.3. The van der Waals surface area contributed by atoms with E-state index < -0.39 is 35.8 Å². The van der Waals surface area contributed by atoms with Crippen molar-refractivity contribution in [3.63, 3.8) is 0 Å². The van der Waals surface area contributed by atoms with Crippen LogP contribution in [-0.4, -0.2) is 125 Å². The smallest absolute Gasteiger partial charge is 0.317 e. The van der Waals surface area contributed by atoms with Crippen molar-refractivity contribution in [3.05, 3.63) is 0 Å². The lowest BCUT2D eigenvalue weighted by molar-refractivity contribution is -0.138. The van der Waals surface area contributed by atoms with Gasteiger partial charge in [-0.25, -0.2) is 0 Å². The van der Waals surface area contributed by atoms with E-state index in [-0.39, 0.29) is 45.6 Å². The Bertz CT molecular complexity index is 679. The molecule has 0 amide bonds. The van der Waals surface area contributed by atoms with Crippen LogP contribution in [0.3, 0.4) is 0 Å². The number of carboxylic acid groups (broad SMARTS) is 6. The molecule has 0 atom stereocenters. The summed E-state index contributed by atoms with van der Waals surface area (Å²) in [7, 11) is 1.59. The fourth-order valence-corrected chi connectivity index (χ4v) is 1.74. The monoisotopic (exact) mass is 616 g/mol. The fourth-order valence-electron chi connectivity index (χ4n) is 1.74. The number of nitrogens with two attached hydrogens (primary N) is 3. The van der Waals surface area contributed by atoms with Crippen molar-refractivity contribution in [3.8, 4) is 0 Å². The molecule has 0 aromatic heterocycles. The first-order valence-electron chi connectivity index (χ1n) is 13.1. The Labute approximate surface area is 246 Å². The van der Waals surface area contributed by atoms with E-state index in [0.717, 1.165) is 25.8 Å². The first-order valence-corrected chi connectivity index (χ1v) is 13.1. The van der Waals surface area contributed by atoms with E-state index in [2.05, 4.69) is 28.6 Å². The van der Waals surface area contributed by atoms with Crippen LogP contribution in [0.4, 0.5) is 0 Å². The van der Waals surface area contributed by atoms with E-state index in [9.17, 15) is 28.8 Å². The minimum absolute atomic E-state index is 0.0417. The minimum Gasteiger partial charge on any atom is -0.481 e. The number of carboxylic acids is 6. The summed E-state index contributed by atoms with van der Waals surface area (Å²) >= 11 is 0. The second-order valence-electron chi connectivity index (χ2n) is 8.07. The topological polar surface area (TPSA) is 338 Å². The molecule has 0 radical (unpaired) electrons. The highest BCUT2D eigenvalue weighted by Gasteiger charge is 2.20. The van der Waals surface area contributed by atoms with Gasteiger partial charge in [0.05, 0.1) is 32.6 Å². The fraction of sp³-hybridized carbons (Fsp3) is 0.750. The van der Waals surface area contributed by atoms with Gasteiger partial charge in [-0.1, -0.05) is 19.8 Å². The summed E-state index contributed by atoms with van der Waals surface area (Å²) in [6, 6.07) is 0.506. The summed E-state index contributed by atoms with van der Waals surface area (Å²) in [5, 5.41) is 55.8. The van der Waals surface area contributed by atoms with E-state index in [1.165, 1.54) is 12.8 Å². The Hall–Kier alpha value is -3.42. The van der Waals surface area contributed by atoms with Crippen LogP contribution in [0.1, 0.15) is 58.3 Å². The van der Waals surface area contributed by atoms with Crippen molar-refractivity contribution in [2.24, 2.45) is 17.2 Å². The van der Waals surface area contributed by atoms with Gasteiger partial charge in [-0.05, 0) is 45.8 Å². The average molecular weight is 617 g/mol. The predicted molar refractivity (Wildman–Crippen MR) is 154 cm³/mol. The maximum absolute atomic E-state index is 9.97. The lowest BCUT2D eigenvalue weighted by Gasteiger charge is -1.98. The highest BCUT2D eigenvalue weighted by atomic mass is 16.4. The molecule has 0 saturated heterocycles. The Morgan fingerprint density at radius 2 is 1.12 bits per heavy atom. The van der Waals surface area contributed by atoms with Gasteiger partial charge in [-0.3, -0.25) is 28.8 Å². The van der Waals surface area contributed by atoms with Crippen molar-refractivity contribution in [1.29, 1.82) is 0 Å². The van der Waals surface area contributed by atoms with E-state index in [4.69, 9.17) is 42.1 Å². The maximum atomic E-state index is 9.97. The summed E-state index contributed by atoms with van der Waals surface area (Å²) in [5.74, 6) is -4.95. The van der Waals surface area contributed by atoms with Crippen molar-refractivity contribution in [1.82, 2.24) is 16.0 Å². The Balaban J connectivity index is -0.000000132. The Morgan fingerprint density at radius 3 is 1.33 bits per heavy atom. The molecule has 0 aromatic carbocycles. The largest absolute Gasteiger partial charge is 0.481 e. The number of rotatable bonds is 17. The number of hydrogen-bond acceptors (Lipinski definition) is 12. The van der Waals surface area contributed by atoms with Crippen molar-refractivity contribution < 1.29 is 59.4 Å². The highest BCUT2D eigenvalue weighted by Crippen LogP contribution is 2.17. The first-order chi connectivity index (χ1) is 19.6. The van der Waals surface area contributed by atoms with Gasteiger partial charge in [0.2, 0.25) is 0 Å². The molecule has 1 rings (SSSR count). The van der Waals surface area contributed by atoms with Gasteiger partial charge in [-0.15, -0.1) is 0 Å². The molecule has 0 heterocycles. The molecule has 0 aliphatic heterocycles. The van der Waals surface area contributed by atoms with Crippen molar-refractivity contribution >= 4 is 35.8 Å². The van der Waals surface area contributed by atoms with Crippen LogP contribution >= 0.6 is 0 Å². The molecule has 1 aliphatic carbocycles. The van der Waals surface area contributed by atoms with Crippen LogP contribution in [0, 0.1) is 0 Å². The summed E-state index contributed by atoms with van der Waals surface area (Å²) in [4.78, 5) is 57.8. The second-order valence-corrected chi connectivity index (χ2v) is 8.07. The molecule has 1 fully saturated rings. The zero-order valence-corrected chi connectivity index (χ0v) is 24.5. The standard InChI is InChI=1S/C7H15NO2.C5H9NO2.C4H9NO2.2C3H7NO2.C2H5NO2/c1-2-3-4-5-8-6-7(9)10;7-5(8)3-6-4-1-2-4;5-3-1-2-4(6)7;1-4-2-3(5)6;4-2-1-3(5)6;3-1-2(4)5/h8H,2-6H2,1H3,(H,9,10);4,6H,1-3H2,(H,7,8);1-3,5H2,(H,6,7);4H,2H2,1H3,(H,5,6);1-2,4H2,(H,5,6);1,3H2,(H,4,5). The number of aliphatic carboxylic acids is 6.